The number of piperidine rings is 1. The molecule has 5 nitrogen and oxygen atoms in total. The maximum absolute atomic E-state index is 12.4. The summed E-state index contributed by atoms with van der Waals surface area (Å²) in [7, 11) is 0. The lowest BCUT2D eigenvalue weighted by atomic mass is 9.77. The van der Waals surface area contributed by atoms with Gasteiger partial charge in [-0.1, -0.05) is 30.1 Å². The lowest BCUT2D eigenvalue weighted by Gasteiger charge is -2.39. The number of aliphatic carboxylic acids is 1. The van der Waals surface area contributed by atoms with Gasteiger partial charge in [-0.05, 0) is 25.3 Å². The maximum Gasteiger partial charge on any atom is 0.311 e. The van der Waals surface area contributed by atoms with Gasteiger partial charge < -0.3 is 15.0 Å². The molecular weight excluding hydrogens is 303 g/mol. The number of aromatic amines is 1. The van der Waals surface area contributed by atoms with Crippen molar-refractivity contribution in [2.24, 2.45) is 5.41 Å². The van der Waals surface area contributed by atoms with E-state index in [2.05, 4.69) is 4.98 Å². The van der Waals surface area contributed by atoms with Crippen molar-refractivity contribution >= 4 is 35.1 Å². The number of amides is 1. The third-order valence-corrected chi connectivity index (χ3v) is 4.64. The van der Waals surface area contributed by atoms with E-state index in [0.717, 1.165) is 0 Å². The van der Waals surface area contributed by atoms with Crippen LogP contribution < -0.4 is 0 Å². The third-order valence-electron chi connectivity index (χ3n) is 3.95. The minimum Gasteiger partial charge on any atom is -0.481 e. The van der Waals surface area contributed by atoms with Gasteiger partial charge in [0.15, 0.2) is 0 Å². The second-order valence-corrected chi connectivity index (χ2v) is 5.90. The number of nitrogens with one attached hydrogen (secondary N) is 1. The van der Waals surface area contributed by atoms with Crippen LogP contribution in [0.1, 0.15) is 36.7 Å². The van der Waals surface area contributed by atoms with E-state index in [9.17, 15) is 14.7 Å². The number of carbonyl (C=O) groups excluding carboxylic acids is 1. The van der Waals surface area contributed by atoms with Crippen molar-refractivity contribution in [1.82, 2.24) is 9.88 Å². The molecule has 0 aromatic carbocycles. The summed E-state index contributed by atoms with van der Waals surface area (Å²) in [6.45, 7) is 2.60. The molecule has 2 heterocycles. The molecule has 1 atom stereocenters. The normalized spacial score (nSPS) is 22.9. The molecule has 0 saturated carbocycles. The Morgan fingerprint density at radius 3 is 2.70 bits per heavy atom. The zero-order valence-corrected chi connectivity index (χ0v) is 12.6. The molecular formula is C13H16Cl2N2O3. The van der Waals surface area contributed by atoms with Crippen molar-refractivity contribution in [3.05, 3.63) is 21.9 Å². The first-order valence-electron chi connectivity index (χ1n) is 6.46. The monoisotopic (exact) mass is 318 g/mol. The van der Waals surface area contributed by atoms with Gasteiger partial charge in [0.1, 0.15) is 10.8 Å². The second kappa shape index (κ2) is 5.66. The Morgan fingerprint density at radius 2 is 2.20 bits per heavy atom. The summed E-state index contributed by atoms with van der Waals surface area (Å²) in [5, 5.41) is 9.92. The van der Waals surface area contributed by atoms with Crippen LogP contribution in [0.15, 0.2) is 6.07 Å². The first kappa shape index (κ1) is 15.2. The molecule has 20 heavy (non-hydrogen) atoms. The molecule has 1 amide bonds. The van der Waals surface area contributed by atoms with Crippen molar-refractivity contribution < 1.29 is 14.7 Å². The summed E-state index contributed by atoms with van der Waals surface area (Å²) in [6, 6.07) is 1.47. The highest BCUT2D eigenvalue weighted by Crippen LogP contribution is 2.34. The van der Waals surface area contributed by atoms with Crippen LogP contribution in [0.5, 0.6) is 0 Å². The van der Waals surface area contributed by atoms with Gasteiger partial charge in [0.05, 0.1) is 10.4 Å². The zero-order valence-electron chi connectivity index (χ0n) is 11.1. The zero-order chi connectivity index (χ0) is 14.9. The predicted octanol–water partition coefficient (Wildman–Crippen LogP) is 3.04. The predicted molar refractivity (Wildman–Crippen MR) is 76.3 cm³/mol. The standard InChI is InChI=1S/C13H16Cl2N2O3/c1-2-13(12(19)20)4-3-5-17(7-13)11(18)9-6-8(14)10(15)16-9/h6,16H,2-5,7H2,1H3,(H,19,20). The molecule has 0 spiro atoms. The Bertz CT molecular complexity index is 524. The molecule has 2 rings (SSSR count). The Balaban J connectivity index is 2.20. The molecule has 0 bridgehead atoms. The Morgan fingerprint density at radius 1 is 1.50 bits per heavy atom. The van der Waals surface area contributed by atoms with Gasteiger partial charge in [0.2, 0.25) is 0 Å². The van der Waals surface area contributed by atoms with Crippen molar-refractivity contribution in [3.63, 3.8) is 0 Å². The number of carbonyl (C=O) groups is 2. The van der Waals surface area contributed by atoms with E-state index in [1.807, 2.05) is 6.92 Å². The van der Waals surface area contributed by atoms with Gasteiger partial charge in [-0.25, -0.2) is 0 Å². The number of halogens is 2. The smallest absolute Gasteiger partial charge is 0.311 e. The second-order valence-electron chi connectivity index (χ2n) is 5.11. The highest BCUT2D eigenvalue weighted by molar-refractivity contribution is 6.41. The number of likely N-dealkylation sites (tertiary alicyclic amines) is 1. The highest BCUT2D eigenvalue weighted by atomic mass is 35.5. The molecule has 1 aliphatic heterocycles. The van der Waals surface area contributed by atoms with Crippen LogP contribution in [0.2, 0.25) is 10.2 Å². The fourth-order valence-electron chi connectivity index (χ4n) is 2.61. The van der Waals surface area contributed by atoms with E-state index >= 15 is 0 Å². The summed E-state index contributed by atoms with van der Waals surface area (Å²) in [5.74, 6) is -1.11. The highest BCUT2D eigenvalue weighted by Gasteiger charge is 2.42. The van der Waals surface area contributed by atoms with Crippen LogP contribution in [0.25, 0.3) is 0 Å². The first-order chi connectivity index (χ1) is 9.39. The minimum atomic E-state index is -0.853. The lowest BCUT2D eigenvalue weighted by Crippen LogP contribution is -2.49. The number of carboxylic acid groups (broad SMARTS) is 1. The van der Waals surface area contributed by atoms with E-state index in [0.29, 0.717) is 25.8 Å². The van der Waals surface area contributed by atoms with Gasteiger partial charge >= 0.3 is 5.97 Å². The quantitative estimate of drug-likeness (QED) is 0.899. The molecule has 0 radical (unpaired) electrons. The van der Waals surface area contributed by atoms with Crippen LogP contribution in [0.3, 0.4) is 0 Å². The molecule has 1 saturated heterocycles. The van der Waals surface area contributed by atoms with E-state index in [1.165, 1.54) is 6.07 Å². The number of rotatable bonds is 3. The van der Waals surface area contributed by atoms with Crippen LogP contribution in [-0.4, -0.2) is 40.0 Å². The number of carboxylic acids is 1. The molecule has 1 aliphatic rings. The molecule has 1 fully saturated rings. The topological polar surface area (TPSA) is 73.4 Å². The van der Waals surface area contributed by atoms with Gasteiger partial charge in [-0.15, -0.1) is 0 Å². The lowest BCUT2D eigenvalue weighted by molar-refractivity contribution is -0.152. The van der Waals surface area contributed by atoms with Crippen LogP contribution in [-0.2, 0) is 4.79 Å². The van der Waals surface area contributed by atoms with Crippen LogP contribution in [0, 0.1) is 5.41 Å². The summed E-state index contributed by atoms with van der Waals surface area (Å²) < 4.78 is 0. The fourth-order valence-corrected chi connectivity index (χ4v) is 2.92. The van der Waals surface area contributed by atoms with Gasteiger partial charge in [-0.3, -0.25) is 9.59 Å². The molecule has 1 aromatic rings. The average molecular weight is 319 g/mol. The van der Waals surface area contributed by atoms with Gasteiger partial charge in [0.25, 0.3) is 5.91 Å². The van der Waals surface area contributed by atoms with Crippen molar-refractivity contribution in [2.75, 3.05) is 13.1 Å². The summed E-state index contributed by atoms with van der Waals surface area (Å²) in [5.41, 5.74) is -0.564. The summed E-state index contributed by atoms with van der Waals surface area (Å²) in [6.07, 6.45) is 1.77. The van der Waals surface area contributed by atoms with E-state index in [4.69, 9.17) is 23.2 Å². The summed E-state index contributed by atoms with van der Waals surface area (Å²) >= 11 is 11.6. The van der Waals surface area contributed by atoms with Crippen LogP contribution in [0.4, 0.5) is 0 Å². The molecule has 0 aliphatic carbocycles. The molecule has 7 heteroatoms. The van der Waals surface area contributed by atoms with Crippen molar-refractivity contribution in [1.29, 1.82) is 0 Å². The van der Waals surface area contributed by atoms with Gasteiger partial charge in [-0.2, -0.15) is 0 Å². The molecule has 2 N–H and O–H groups in total. The van der Waals surface area contributed by atoms with E-state index in [-0.39, 0.29) is 28.3 Å². The Labute approximate surface area is 126 Å². The minimum absolute atomic E-state index is 0.214. The molecule has 110 valence electrons. The van der Waals surface area contributed by atoms with E-state index in [1.54, 1.807) is 4.90 Å². The van der Waals surface area contributed by atoms with E-state index < -0.39 is 11.4 Å². The SMILES string of the molecule is CCC1(C(=O)O)CCCN(C(=O)c2cc(Cl)c(Cl)[nH]2)C1. The van der Waals surface area contributed by atoms with Gasteiger partial charge in [0, 0.05) is 13.1 Å². The fraction of sp³-hybridized carbons (Fsp3) is 0.538. The first-order valence-corrected chi connectivity index (χ1v) is 7.22. The average Bonchev–Trinajstić information content (AvgIpc) is 2.77. The number of aromatic nitrogens is 1. The third kappa shape index (κ3) is 2.65. The van der Waals surface area contributed by atoms with Crippen molar-refractivity contribution in [3.8, 4) is 0 Å². The number of hydrogen-bond donors (Lipinski definition) is 2. The Hall–Kier alpha value is -1.20. The largest absolute Gasteiger partial charge is 0.481 e. The number of nitrogens with zero attached hydrogens (tertiary/aromatic N) is 1. The number of H-pyrrole nitrogens is 1. The Kier molecular flexibility index (Phi) is 4.30. The summed E-state index contributed by atoms with van der Waals surface area (Å²) in [4.78, 5) is 28.1. The number of hydrogen-bond acceptors (Lipinski definition) is 2. The molecule has 1 unspecified atom stereocenters. The van der Waals surface area contributed by atoms with Crippen LogP contribution >= 0.6 is 23.2 Å². The molecule has 1 aromatic heterocycles. The van der Waals surface area contributed by atoms with Crippen molar-refractivity contribution in [2.45, 2.75) is 26.2 Å². The maximum atomic E-state index is 12.4.